The molecule has 0 aliphatic carbocycles. The van der Waals surface area contributed by atoms with Crippen molar-refractivity contribution in [1.29, 1.82) is 0 Å². The summed E-state index contributed by atoms with van der Waals surface area (Å²) < 4.78 is 0. The summed E-state index contributed by atoms with van der Waals surface area (Å²) in [7, 11) is 0. The minimum absolute atomic E-state index is 0.0191. The van der Waals surface area contributed by atoms with Crippen LogP contribution < -0.4 is 11.1 Å². The van der Waals surface area contributed by atoms with Crippen LogP contribution in [0.5, 0.6) is 0 Å². The normalized spacial score (nSPS) is 13.2. The predicted molar refractivity (Wildman–Crippen MR) is 69.1 cm³/mol. The molecule has 1 unspecified atom stereocenters. The predicted octanol–water partition coefficient (Wildman–Crippen LogP) is 2.16. The molecule has 0 radical (unpaired) electrons. The number of amides is 1. The van der Waals surface area contributed by atoms with Crippen LogP contribution in [0.25, 0.3) is 0 Å². The summed E-state index contributed by atoms with van der Waals surface area (Å²) >= 11 is 0. The van der Waals surface area contributed by atoms with E-state index in [-0.39, 0.29) is 11.8 Å². The third kappa shape index (κ3) is 6.11. The maximum absolute atomic E-state index is 11.9. The molecule has 0 aromatic heterocycles. The van der Waals surface area contributed by atoms with Crippen LogP contribution in [0.4, 0.5) is 0 Å². The minimum atomic E-state index is -0.0191. The largest absolute Gasteiger partial charge is 0.356 e. The number of carbonyl (C=O) groups excluding carboxylic acids is 1. The highest BCUT2D eigenvalue weighted by Crippen LogP contribution is 2.11. The number of hydrogen-bond acceptors (Lipinski definition) is 2. The Labute approximate surface area is 100 Å². The number of carbonyl (C=O) groups is 1. The van der Waals surface area contributed by atoms with Gasteiger partial charge in [-0.3, -0.25) is 4.79 Å². The molecule has 0 aliphatic rings. The van der Waals surface area contributed by atoms with Gasteiger partial charge in [-0.2, -0.15) is 0 Å². The lowest BCUT2D eigenvalue weighted by atomic mass is 9.96. The smallest absolute Gasteiger partial charge is 0.224 e. The molecule has 1 atom stereocenters. The van der Waals surface area contributed by atoms with E-state index in [1.54, 1.807) is 0 Å². The number of rotatable bonds is 8. The van der Waals surface area contributed by atoms with E-state index in [9.17, 15) is 4.79 Å². The summed E-state index contributed by atoms with van der Waals surface area (Å²) in [5, 5.41) is 3.02. The van der Waals surface area contributed by atoms with Crippen molar-refractivity contribution < 1.29 is 4.79 Å². The standard InChI is InChI=1S/C13H28N2O/c1-5-11(6-2)9-15-13(16)12(8-14)7-10(3)4/h10-12H,5-9,14H2,1-4H3,(H,15,16). The second-order valence-electron chi connectivity index (χ2n) is 4.99. The van der Waals surface area contributed by atoms with Crippen molar-refractivity contribution in [3.63, 3.8) is 0 Å². The first-order valence-electron chi connectivity index (χ1n) is 6.52. The second-order valence-corrected chi connectivity index (χ2v) is 4.99. The van der Waals surface area contributed by atoms with Crippen molar-refractivity contribution in [1.82, 2.24) is 5.32 Å². The van der Waals surface area contributed by atoms with E-state index < -0.39 is 0 Å². The molecule has 0 heterocycles. The van der Waals surface area contributed by atoms with Gasteiger partial charge in [0, 0.05) is 13.1 Å². The second kappa shape index (κ2) is 8.57. The van der Waals surface area contributed by atoms with E-state index in [1.807, 2.05) is 0 Å². The highest BCUT2D eigenvalue weighted by Gasteiger charge is 2.18. The molecule has 1 amide bonds. The van der Waals surface area contributed by atoms with Crippen LogP contribution in [0.2, 0.25) is 0 Å². The first-order chi connectivity index (χ1) is 7.54. The van der Waals surface area contributed by atoms with Crippen molar-refractivity contribution in [3.8, 4) is 0 Å². The van der Waals surface area contributed by atoms with Gasteiger partial charge in [0.15, 0.2) is 0 Å². The highest BCUT2D eigenvalue weighted by molar-refractivity contribution is 5.78. The molecule has 3 nitrogen and oxygen atoms in total. The van der Waals surface area contributed by atoms with Gasteiger partial charge in [-0.15, -0.1) is 0 Å². The van der Waals surface area contributed by atoms with Crippen LogP contribution >= 0.6 is 0 Å². The average Bonchev–Trinajstić information content (AvgIpc) is 2.26. The van der Waals surface area contributed by atoms with Crippen LogP contribution in [-0.2, 0) is 4.79 Å². The Morgan fingerprint density at radius 2 is 1.81 bits per heavy atom. The average molecular weight is 228 g/mol. The fourth-order valence-electron chi connectivity index (χ4n) is 1.85. The Hall–Kier alpha value is -0.570. The summed E-state index contributed by atoms with van der Waals surface area (Å²) in [4.78, 5) is 11.9. The zero-order chi connectivity index (χ0) is 12.6. The zero-order valence-corrected chi connectivity index (χ0v) is 11.3. The molecule has 0 aliphatic heterocycles. The van der Waals surface area contributed by atoms with Crippen molar-refractivity contribution >= 4 is 5.91 Å². The molecule has 96 valence electrons. The van der Waals surface area contributed by atoms with Crippen LogP contribution in [0.15, 0.2) is 0 Å². The van der Waals surface area contributed by atoms with Crippen molar-refractivity contribution in [2.24, 2.45) is 23.5 Å². The van der Waals surface area contributed by atoms with E-state index in [2.05, 4.69) is 33.0 Å². The molecule has 0 aromatic rings. The van der Waals surface area contributed by atoms with Gasteiger partial charge in [-0.25, -0.2) is 0 Å². The van der Waals surface area contributed by atoms with E-state index in [0.717, 1.165) is 25.8 Å². The molecule has 3 N–H and O–H groups in total. The van der Waals surface area contributed by atoms with Gasteiger partial charge in [0.25, 0.3) is 0 Å². The van der Waals surface area contributed by atoms with Gasteiger partial charge >= 0.3 is 0 Å². The summed E-state index contributed by atoms with van der Waals surface area (Å²) in [6, 6.07) is 0. The van der Waals surface area contributed by atoms with E-state index in [0.29, 0.717) is 18.4 Å². The first kappa shape index (κ1) is 15.4. The van der Waals surface area contributed by atoms with Gasteiger partial charge in [-0.1, -0.05) is 40.5 Å². The van der Waals surface area contributed by atoms with Crippen molar-refractivity contribution in [2.45, 2.75) is 47.0 Å². The molecule has 0 aromatic carbocycles. The highest BCUT2D eigenvalue weighted by atomic mass is 16.1. The molecular weight excluding hydrogens is 200 g/mol. The lowest BCUT2D eigenvalue weighted by Crippen LogP contribution is -2.38. The minimum Gasteiger partial charge on any atom is -0.356 e. The maximum Gasteiger partial charge on any atom is 0.224 e. The Morgan fingerprint density at radius 1 is 1.25 bits per heavy atom. The van der Waals surface area contributed by atoms with Crippen LogP contribution in [0, 0.1) is 17.8 Å². The molecule has 0 rings (SSSR count). The quantitative estimate of drug-likeness (QED) is 0.669. The van der Waals surface area contributed by atoms with Gasteiger partial charge < -0.3 is 11.1 Å². The number of nitrogens with two attached hydrogens (primary N) is 1. The van der Waals surface area contributed by atoms with E-state index >= 15 is 0 Å². The fourth-order valence-corrected chi connectivity index (χ4v) is 1.85. The first-order valence-corrected chi connectivity index (χ1v) is 6.52. The molecule has 0 saturated carbocycles. The summed E-state index contributed by atoms with van der Waals surface area (Å²) in [5.74, 6) is 1.23. The van der Waals surface area contributed by atoms with Crippen LogP contribution in [0.3, 0.4) is 0 Å². The number of hydrogen-bond donors (Lipinski definition) is 2. The van der Waals surface area contributed by atoms with Crippen LogP contribution in [0.1, 0.15) is 47.0 Å². The molecule has 0 bridgehead atoms. The third-order valence-corrected chi connectivity index (χ3v) is 3.13. The van der Waals surface area contributed by atoms with Gasteiger partial charge in [0.1, 0.15) is 0 Å². The summed E-state index contributed by atoms with van der Waals surface area (Å²) in [6.45, 7) is 9.81. The maximum atomic E-state index is 11.9. The Bertz CT molecular complexity index is 188. The summed E-state index contributed by atoms with van der Waals surface area (Å²) in [5.41, 5.74) is 5.63. The lowest BCUT2D eigenvalue weighted by Gasteiger charge is -2.19. The SMILES string of the molecule is CCC(CC)CNC(=O)C(CN)CC(C)C. The zero-order valence-electron chi connectivity index (χ0n) is 11.3. The van der Waals surface area contributed by atoms with Gasteiger partial charge in [0.05, 0.1) is 5.92 Å². The fraction of sp³-hybridized carbons (Fsp3) is 0.923. The van der Waals surface area contributed by atoms with Gasteiger partial charge in [-0.05, 0) is 18.3 Å². The van der Waals surface area contributed by atoms with E-state index in [4.69, 9.17) is 5.73 Å². The lowest BCUT2D eigenvalue weighted by molar-refractivity contribution is -0.125. The van der Waals surface area contributed by atoms with Gasteiger partial charge in [0.2, 0.25) is 5.91 Å². The molecule has 0 saturated heterocycles. The topological polar surface area (TPSA) is 55.1 Å². The Balaban J connectivity index is 4.01. The molecule has 0 fully saturated rings. The molecule has 3 heteroatoms. The van der Waals surface area contributed by atoms with Crippen molar-refractivity contribution in [2.75, 3.05) is 13.1 Å². The summed E-state index contributed by atoms with van der Waals surface area (Å²) in [6.07, 6.45) is 3.12. The number of nitrogens with one attached hydrogen (secondary N) is 1. The monoisotopic (exact) mass is 228 g/mol. The third-order valence-electron chi connectivity index (χ3n) is 3.13. The Kier molecular flexibility index (Phi) is 8.26. The van der Waals surface area contributed by atoms with Crippen molar-refractivity contribution in [3.05, 3.63) is 0 Å². The Morgan fingerprint density at radius 3 is 2.19 bits per heavy atom. The molecule has 16 heavy (non-hydrogen) atoms. The molecular formula is C13H28N2O. The van der Waals surface area contributed by atoms with E-state index in [1.165, 1.54) is 0 Å². The van der Waals surface area contributed by atoms with Crippen LogP contribution in [-0.4, -0.2) is 19.0 Å². The molecule has 0 spiro atoms.